The molecule has 1 fully saturated rings. The van der Waals surface area contributed by atoms with Crippen molar-refractivity contribution in [3.05, 3.63) is 82.8 Å². The maximum absolute atomic E-state index is 13.1. The molecule has 1 atom stereocenters. The Morgan fingerprint density at radius 3 is 2.56 bits per heavy atom. The number of rotatable bonds is 8. The molecular formula is C27H31ClN2O4. The third kappa shape index (κ3) is 5.40. The summed E-state index contributed by atoms with van der Waals surface area (Å²) in [6, 6.07) is 16.8. The maximum Gasteiger partial charge on any atom is 0.289 e. The lowest BCUT2D eigenvalue weighted by molar-refractivity contribution is 0.0555. The molecular weight excluding hydrogens is 452 g/mol. The zero-order valence-electron chi connectivity index (χ0n) is 19.6. The van der Waals surface area contributed by atoms with Crippen LogP contribution in [0.25, 0.3) is 0 Å². The lowest BCUT2D eigenvalue weighted by Gasteiger charge is -2.40. The second-order valence-corrected chi connectivity index (χ2v) is 9.25. The van der Waals surface area contributed by atoms with Crippen molar-refractivity contribution in [1.82, 2.24) is 9.80 Å². The number of para-hydroxylation sites is 1. The van der Waals surface area contributed by atoms with Crippen LogP contribution in [0.15, 0.2) is 65.3 Å². The highest BCUT2D eigenvalue weighted by atomic mass is 35.5. The van der Waals surface area contributed by atoms with Gasteiger partial charge in [-0.1, -0.05) is 41.9 Å². The number of methoxy groups -OCH3 is 1. The van der Waals surface area contributed by atoms with Gasteiger partial charge in [0.2, 0.25) is 0 Å². The molecule has 1 N–H and O–H groups in total. The van der Waals surface area contributed by atoms with Crippen molar-refractivity contribution in [3.8, 4) is 11.5 Å². The van der Waals surface area contributed by atoms with Gasteiger partial charge in [0.15, 0.2) is 17.3 Å². The Bertz CT molecular complexity index is 1090. The second-order valence-electron chi connectivity index (χ2n) is 8.84. The van der Waals surface area contributed by atoms with Gasteiger partial charge in [0, 0.05) is 30.2 Å². The molecule has 2 heterocycles. The van der Waals surface area contributed by atoms with Gasteiger partial charge in [-0.15, -0.1) is 0 Å². The van der Waals surface area contributed by atoms with Crippen molar-refractivity contribution < 1.29 is 19.1 Å². The molecule has 180 valence electrons. The van der Waals surface area contributed by atoms with Crippen LogP contribution < -0.4 is 4.74 Å². The number of likely N-dealkylation sites (tertiary alicyclic amines) is 1. The summed E-state index contributed by atoms with van der Waals surface area (Å²) in [4.78, 5) is 17.3. The summed E-state index contributed by atoms with van der Waals surface area (Å²) < 4.78 is 10.6. The largest absolute Gasteiger partial charge is 0.504 e. The van der Waals surface area contributed by atoms with Crippen LogP contribution in [0.2, 0.25) is 5.02 Å². The van der Waals surface area contributed by atoms with Crippen molar-refractivity contribution in [3.63, 3.8) is 0 Å². The van der Waals surface area contributed by atoms with Crippen molar-refractivity contribution >= 4 is 17.5 Å². The van der Waals surface area contributed by atoms with Gasteiger partial charge in [0.05, 0.1) is 13.4 Å². The molecule has 0 radical (unpaired) electrons. The molecule has 4 rings (SSSR count). The van der Waals surface area contributed by atoms with Crippen LogP contribution in [0.1, 0.15) is 34.5 Å². The van der Waals surface area contributed by atoms with E-state index in [1.165, 1.54) is 6.26 Å². The summed E-state index contributed by atoms with van der Waals surface area (Å²) in [7, 11) is 3.41. The summed E-state index contributed by atoms with van der Waals surface area (Å²) in [6.45, 7) is 2.42. The highest BCUT2D eigenvalue weighted by Crippen LogP contribution is 2.33. The Morgan fingerprint density at radius 1 is 1.15 bits per heavy atom. The van der Waals surface area contributed by atoms with Crippen molar-refractivity contribution in [1.29, 1.82) is 0 Å². The van der Waals surface area contributed by atoms with Crippen LogP contribution in [0, 0.1) is 5.92 Å². The van der Waals surface area contributed by atoms with Crippen LogP contribution in [-0.2, 0) is 13.0 Å². The number of aromatic hydroxyl groups is 1. The van der Waals surface area contributed by atoms with Crippen molar-refractivity contribution in [2.24, 2.45) is 5.92 Å². The fourth-order valence-electron chi connectivity index (χ4n) is 4.83. The van der Waals surface area contributed by atoms with Crippen molar-refractivity contribution in [2.75, 3.05) is 27.2 Å². The standard InChI is InChI=1S/C27H31ClN2O4/c1-29(27(32)25-11-6-16-34-25)23(17-20-7-3-4-9-22(20)28)19-12-14-30(15-13-19)18-21-8-5-10-24(33-2)26(21)31/h3-11,16,19,23,31H,12-15,17-18H2,1-2H3/t23-/m0/s1. The lowest BCUT2D eigenvalue weighted by Crippen LogP contribution is -2.47. The predicted octanol–water partition coefficient (Wildman–Crippen LogP) is 5.24. The van der Waals surface area contributed by atoms with Crippen LogP contribution in [0.5, 0.6) is 11.5 Å². The highest BCUT2D eigenvalue weighted by molar-refractivity contribution is 6.31. The average molecular weight is 483 g/mol. The minimum atomic E-state index is -0.120. The Balaban J connectivity index is 1.48. The molecule has 3 aromatic rings. The number of halogens is 1. The van der Waals surface area contributed by atoms with Gasteiger partial charge < -0.3 is 19.2 Å². The van der Waals surface area contributed by atoms with Gasteiger partial charge in [-0.2, -0.15) is 0 Å². The van der Waals surface area contributed by atoms with Crippen LogP contribution in [-0.4, -0.2) is 54.1 Å². The van der Waals surface area contributed by atoms with Gasteiger partial charge in [-0.25, -0.2) is 0 Å². The van der Waals surface area contributed by atoms with Crippen molar-refractivity contribution in [2.45, 2.75) is 31.8 Å². The van der Waals surface area contributed by atoms with Crippen LogP contribution in [0.3, 0.4) is 0 Å². The van der Waals surface area contributed by atoms with E-state index in [0.717, 1.165) is 42.1 Å². The summed E-state index contributed by atoms with van der Waals surface area (Å²) in [5.41, 5.74) is 1.90. The third-order valence-electron chi connectivity index (χ3n) is 6.81. The zero-order valence-corrected chi connectivity index (χ0v) is 20.4. The number of carbonyl (C=O) groups is 1. The number of furan rings is 1. The summed E-state index contributed by atoms with van der Waals surface area (Å²) >= 11 is 6.48. The van der Waals surface area contributed by atoms with E-state index in [2.05, 4.69) is 4.90 Å². The number of phenolic OH excluding ortho intramolecular Hbond substituents is 1. The van der Waals surface area contributed by atoms with E-state index in [0.29, 0.717) is 30.4 Å². The summed E-state index contributed by atoms with van der Waals surface area (Å²) in [5.74, 6) is 1.23. The molecule has 0 saturated carbocycles. The Labute approximate surface area is 205 Å². The molecule has 1 aromatic heterocycles. The normalized spacial score (nSPS) is 15.7. The summed E-state index contributed by atoms with van der Waals surface area (Å²) in [5, 5.41) is 11.2. The SMILES string of the molecule is COc1cccc(CN2CCC([C@H](Cc3ccccc3Cl)N(C)C(=O)c3ccco3)CC2)c1O. The van der Waals surface area contributed by atoms with E-state index >= 15 is 0 Å². The number of carbonyl (C=O) groups excluding carboxylic acids is 1. The number of amides is 1. The number of ether oxygens (including phenoxy) is 1. The van der Waals surface area contributed by atoms with Gasteiger partial charge >= 0.3 is 0 Å². The molecule has 0 unspecified atom stereocenters. The smallest absolute Gasteiger partial charge is 0.289 e. The molecule has 0 aliphatic carbocycles. The topological polar surface area (TPSA) is 66.2 Å². The number of hydrogen-bond acceptors (Lipinski definition) is 5. The van der Waals surface area contributed by atoms with E-state index in [-0.39, 0.29) is 17.7 Å². The first-order valence-corrected chi connectivity index (χ1v) is 12.0. The van der Waals surface area contributed by atoms with Gasteiger partial charge in [-0.05, 0) is 68.1 Å². The zero-order chi connectivity index (χ0) is 24.1. The van der Waals surface area contributed by atoms with E-state index in [1.807, 2.05) is 48.3 Å². The monoisotopic (exact) mass is 482 g/mol. The first-order valence-electron chi connectivity index (χ1n) is 11.6. The molecule has 1 aliphatic rings. The molecule has 2 aromatic carbocycles. The molecule has 34 heavy (non-hydrogen) atoms. The minimum Gasteiger partial charge on any atom is -0.504 e. The highest BCUT2D eigenvalue weighted by Gasteiger charge is 2.33. The third-order valence-corrected chi connectivity index (χ3v) is 7.18. The lowest BCUT2D eigenvalue weighted by atomic mass is 9.84. The molecule has 0 bridgehead atoms. The second kappa shape index (κ2) is 11.0. The molecule has 6 nitrogen and oxygen atoms in total. The predicted molar refractivity (Wildman–Crippen MR) is 132 cm³/mol. The quantitative estimate of drug-likeness (QED) is 0.475. The number of nitrogens with zero attached hydrogens (tertiary/aromatic N) is 2. The molecule has 1 saturated heterocycles. The fourth-order valence-corrected chi connectivity index (χ4v) is 5.04. The van der Waals surface area contributed by atoms with Crippen LogP contribution >= 0.6 is 11.6 Å². The van der Waals surface area contributed by atoms with Gasteiger partial charge in [0.25, 0.3) is 5.91 Å². The molecule has 1 amide bonds. The number of likely N-dealkylation sites (N-methyl/N-ethyl adjacent to an activating group) is 1. The first kappa shape index (κ1) is 24.2. The number of piperidine rings is 1. The molecule has 7 heteroatoms. The van der Waals surface area contributed by atoms with Gasteiger partial charge in [-0.3, -0.25) is 9.69 Å². The number of benzene rings is 2. The number of phenols is 1. The first-order chi connectivity index (χ1) is 16.5. The Morgan fingerprint density at radius 2 is 1.88 bits per heavy atom. The Hall–Kier alpha value is -2.96. The van der Waals surface area contributed by atoms with E-state index < -0.39 is 0 Å². The number of hydrogen-bond donors (Lipinski definition) is 1. The fraction of sp³-hybridized carbons (Fsp3) is 0.370. The Kier molecular flexibility index (Phi) is 7.80. The molecule has 1 aliphatic heterocycles. The van der Waals surface area contributed by atoms with Gasteiger partial charge in [0.1, 0.15) is 0 Å². The van der Waals surface area contributed by atoms with Crippen LogP contribution in [0.4, 0.5) is 0 Å². The maximum atomic E-state index is 13.1. The minimum absolute atomic E-state index is 0.00938. The summed E-state index contributed by atoms with van der Waals surface area (Å²) in [6.07, 6.45) is 4.09. The van der Waals surface area contributed by atoms with E-state index in [4.69, 9.17) is 20.8 Å². The van der Waals surface area contributed by atoms with E-state index in [1.54, 1.807) is 25.3 Å². The molecule has 0 spiro atoms. The average Bonchev–Trinajstić information content (AvgIpc) is 3.40. The van der Waals surface area contributed by atoms with E-state index in [9.17, 15) is 9.90 Å².